The van der Waals surface area contributed by atoms with E-state index in [0.29, 0.717) is 12.2 Å². The van der Waals surface area contributed by atoms with Gasteiger partial charge in [0.05, 0.1) is 0 Å². The Kier molecular flexibility index (Phi) is 2.77. The molecule has 0 aliphatic heterocycles. The lowest BCUT2D eigenvalue weighted by molar-refractivity contribution is 0.0954. The fourth-order valence-corrected chi connectivity index (χ4v) is 1.62. The van der Waals surface area contributed by atoms with Crippen LogP contribution >= 0.6 is 0 Å². The van der Waals surface area contributed by atoms with Crippen molar-refractivity contribution >= 4 is 16.8 Å². The van der Waals surface area contributed by atoms with E-state index in [0.717, 1.165) is 10.9 Å². The van der Waals surface area contributed by atoms with Crippen molar-refractivity contribution in [2.75, 3.05) is 6.54 Å². The van der Waals surface area contributed by atoms with E-state index in [1.54, 1.807) is 6.08 Å². The fourth-order valence-electron chi connectivity index (χ4n) is 1.62. The Bertz CT molecular complexity index is 540. The molecular weight excluding hydrogens is 200 g/mol. The van der Waals surface area contributed by atoms with Crippen molar-refractivity contribution in [2.24, 2.45) is 0 Å². The first kappa shape index (κ1) is 10.5. The molecule has 1 aromatic carbocycles. The molecule has 2 aromatic rings. The lowest BCUT2D eigenvalue weighted by Gasteiger charge is -1.97. The Morgan fingerprint density at radius 1 is 1.50 bits per heavy atom. The number of nitrogens with one attached hydrogen (secondary N) is 2. The molecule has 2 rings (SSSR count). The summed E-state index contributed by atoms with van der Waals surface area (Å²) in [5.74, 6) is -0.103. The summed E-state index contributed by atoms with van der Waals surface area (Å²) in [4.78, 5) is 14.8. The average Bonchev–Trinajstić information content (AvgIpc) is 2.68. The zero-order valence-electron chi connectivity index (χ0n) is 9.21. The third-order valence-corrected chi connectivity index (χ3v) is 2.43. The molecule has 1 amide bonds. The molecule has 0 radical (unpaired) electrons. The van der Waals surface area contributed by atoms with E-state index in [-0.39, 0.29) is 5.91 Å². The molecule has 0 saturated carbocycles. The summed E-state index contributed by atoms with van der Waals surface area (Å²) >= 11 is 0. The van der Waals surface area contributed by atoms with E-state index in [9.17, 15) is 4.79 Å². The van der Waals surface area contributed by atoms with Crippen molar-refractivity contribution in [1.29, 1.82) is 0 Å². The van der Waals surface area contributed by atoms with E-state index in [1.165, 1.54) is 5.56 Å². The lowest BCUT2D eigenvalue weighted by atomic mass is 10.2. The number of hydrogen-bond acceptors (Lipinski definition) is 1. The predicted molar refractivity (Wildman–Crippen MR) is 65.6 cm³/mol. The number of aromatic nitrogens is 1. The van der Waals surface area contributed by atoms with E-state index in [1.807, 2.05) is 31.2 Å². The number of aryl methyl sites for hydroxylation is 1. The van der Waals surface area contributed by atoms with Crippen LogP contribution in [0.4, 0.5) is 0 Å². The molecule has 0 atom stereocenters. The topological polar surface area (TPSA) is 44.9 Å². The molecule has 1 aromatic heterocycles. The van der Waals surface area contributed by atoms with Crippen molar-refractivity contribution in [1.82, 2.24) is 10.3 Å². The lowest BCUT2D eigenvalue weighted by Crippen LogP contribution is -2.23. The quantitative estimate of drug-likeness (QED) is 0.757. The zero-order chi connectivity index (χ0) is 11.5. The van der Waals surface area contributed by atoms with Crippen LogP contribution in [-0.4, -0.2) is 17.4 Å². The van der Waals surface area contributed by atoms with Crippen LogP contribution in [0.5, 0.6) is 0 Å². The van der Waals surface area contributed by atoms with Crippen LogP contribution in [0.15, 0.2) is 36.9 Å². The number of fused-ring (bicyclic) bond motifs is 1. The molecule has 3 nitrogen and oxygen atoms in total. The number of H-pyrrole nitrogens is 1. The first-order valence-electron chi connectivity index (χ1n) is 5.19. The Balaban J connectivity index is 2.32. The standard InChI is InChI=1S/C13H14N2O/c1-3-6-14-13(16)12-8-10-5-4-9(2)7-11(10)15-12/h3-5,7-8,15H,1,6H2,2H3,(H,14,16). The van der Waals surface area contributed by atoms with E-state index < -0.39 is 0 Å². The Morgan fingerprint density at radius 2 is 2.31 bits per heavy atom. The number of aromatic amines is 1. The molecule has 0 fully saturated rings. The highest BCUT2D eigenvalue weighted by Gasteiger charge is 2.07. The van der Waals surface area contributed by atoms with Gasteiger partial charge in [-0.25, -0.2) is 0 Å². The highest BCUT2D eigenvalue weighted by Crippen LogP contribution is 2.16. The minimum absolute atomic E-state index is 0.103. The zero-order valence-corrected chi connectivity index (χ0v) is 9.21. The molecule has 16 heavy (non-hydrogen) atoms. The number of amides is 1. The summed E-state index contributed by atoms with van der Waals surface area (Å²) in [6.45, 7) is 6.06. The van der Waals surface area contributed by atoms with Gasteiger partial charge < -0.3 is 10.3 Å². The largest absolute Gasteiger partial charge is 0.351 e. The first-order chi connectivity index (χ1) is 7.70. The summed E-state index contributed by atoms with van der Waals surface area (Å²) in [6.07, 6.45) is 1.66. The van der Waals surface area contributed by atoms with Gasteiger partial charge in [0.15, 0.2) is 0 Å². The molecule has 0 unspecified atom stereocenters. The third kappa shape index (κ3) is 1.98. The van der Waals surface area contributed by atoms with Crippen LogP contribution in [0.3, 0.4) is 0 Å². The normalized spacial score (nSPS) is 10.3. The van der Waals surface area contributed by atoms with Crippen molar-refractivity contribution < 1.29 is 4.79 Å². The number of carbonyl (C=O) groups is 1. The van der Waals surface area contributed by atoms with E-state index >= 15 is 0 Å². The van der Waals surface area contributed by atoms with Crippen molar-refractivity contribution in [3.05, 3.63) is 48.2 Å². The monoisotopic (exact) mass is 214 g/mol. The second kappa shape index (κ2) is 4.23. The van der Waals surface area contributed by atoms with Gasteiger partial charge in [0, 0.05) is 17.4 Å². The van der Waals surface area contributed by atoms with Gasteiger partial charge in [0.2, 0.25) is 0 Å². The van der Waals surface area contributed by atoms with Gasteiger partial charge >= 0.3 is 0 Å². The van der Waals surface area contributed by atoms with Gasteiger partial charge in [0.25, 0.3) is 5.91 Å². The molecule has 3 heteroatoms. The van der Waals surface area contributed by atoms with Crippen LogP contribution < -0.4 is 5.32 Å². The Labute approximate surface area is 94.2 Å². The second-order valence-electron chi connectivity index (χ2n) is 3.77. The van der Waals surface area contributed by atoms with E-state index in [2.05, 4.69) is 16.9 Å². The van der Waals surface area contributed by atoms with Gasteiger partial charge in [-0.3, -0.25) is 4.79 Å². The van der Waals surface area contributed by atoms with Gasteiger partial charge in [0.1, 0.15) is 5.69 Å². The predicted octanol–water partition coefficient (Wildman–Crippen LogP) is 2.39. The summed E-state index contributed by atoms with van der Waals surface area (Å²) in [5, 5.41) is 3.79. The summed E-state index contributed by atoms with van der Waals surface area (Å²) in [6, 6.07) is 7.92. The van der Waals surface area contributed by atoms with Crippen molar-refractivity contribution in [2.45, 2.75) is 6.92 Å². The molecule has 0 saturated heterocycles. The maximum atomic E-state index is 11.7. The van der Waals surface area contributed by atoms with Gasteiger partial charge in [-0.15, -0.1) is 6.58 Å². The van der Waals surface area contributed by atoms with Crippen LogP contribution in [0.1, 0.15) is 16.1 Å². The van der Waals surface area contributed by atoms with Gasteiger partial charge in [-0.1, -0.05) is 18.2 Å². The summed E-state index contributed by atoms with van der Waals surface area (Å²) in [5.41, 5.74) is 2.75. The van der Waals surface area contributed by atoms with Crippen LogP contribution in [0.25, 0.3) is 10.9 Å². The third-order valence-electron chi connectivity index (χ3n) is 2.43. The summed E-state index contributed by atoms with van der Waals surface area (Å²) < 4.78 is 0. The smallest absolute Gasteiger partial charge is 0.267 e. The van der Waals surface area contributed by atoms with E-state index in [4.69, 9.17) is 0 Å². The minimum Gasteiger partial charge on any atom is -0.351 e. The maximum absolute atomic E-state index is 11.7. The van der Waals surface area contributed by atoms with Crippen LogP contribution in [0.2, 0.25) is 0 Å². The van der Waals surface area contributed by atoms with Crippen molar-refractivity contribution in [3.8, 4) is 0 Å². The Morgan fingerprint density at radius 3 is 3.06 bits per heavy atom. The molecule has 0 aliphatic carbocycles. The van der Waals surface area contributed by atoms with Gasteiger partial charge in [-0.2, -0.15) is 0 Å². The first-order valence-corrected chi connectivity index (χ1v) is 5.19. The average molecular weight is 214 g/mol. The second-order valence-corrected chi connectivity index (χ2v) is 3.77. The molecule has 82 valence electrons. The number of benzene rings is 1. The number of hydrogen-bond donors (Lipinski definition) is 2. The molecule has 0 spiro atoms. The highest BCUT2D eigenvalue weighted by atomic mass is 16.1. The molecule has 0 bridgehead atoms. The molecule has 2 N–H and O–H groups in total. The van der Waals surface area contributed by atoms with Crippen molar-refractivity contribution in [3.63, 3.8) is 0 Å². The fraction of sp³-hybridized carbons (Fsp3) is 0.154. The van der Waals surface area contributed by atoms with Crippen LogP contribution in [0, 0.1) is 6.92 Å². The van der Waals surface area contributed by atoms with Crippen LogP contribution in [-0.2, 0) is 0 Å². The SMILES string of the molecule is C=CCNC(=O)c1cc2ccc(C)cc2[nH]1. The number of carbonyl (C=O) groups excluding carboxylic acids is 1. The maximum Gasteiger partial charge on any atom is 0.267 e. The minimum atomic E-state index is -0.103. The number of rotatable bonds is 3. The summed E-state index contributed by atoms with van der Waals surface area (Å²) in [7, 11) is 0. The highest BCUT2D eigenvalue weighted by molar-refractivity contribution is 5.98. The molecule has 0 aliphatic rings. The Hall–Kier alpha value is -2.03. The van der Waals surface area contributed by atoms with Gasteiger partial charge in [-0.05, 0) is 24.6 Å². The molecular formula is C13H14N2O. The molecule has 1 heterocycles.